The molecule has 0 rings (SSSR count). The summed E-state index contributed by atoms with van der Waals surface area (Å²) >= 11 is 0.671. The molecule has 13 heteroatoms. The average molecular weight is 264 g/mol. The summed E-state index contributed by atoms with van der Waals surface area (Å²) < 4.78 is 54.7. The summed E-state index contributed by atoms with van der Waals surface area (Å²) in [5, 5.41) is 7.38. The number of rotatable bonds is 1. The third-order valence-electron chi connectivity index (χ3n) is 0.116. The van der Waals surface area contributed by atoms with E-state index >= 15 is 0 Å². The van der Waals surface area contributed by atoms with E-state index in [9.17, 15) is 4.21 Å². The molecule has 0 bridgehead atoms. The van der Waals surface area contributed by atoms with E-state index in [2.05, 4.69) is 4.33 Å². The fourth-order valence-corrected chi connectivity index (χ4v) is 0. The van der Waals surface area contributed by atoms with Crippen molar-refractivity contribution in [1.29, 1.82) is 0 Å². The monoisotopic (exact) mass is 264 g/mol. The standard InChI is InChI=1S/Mg.2Na.2H2O4S/c;;;1-5(2,3)4;1-4-5(2)3/h;;;(H2,1,2,3,4);1H,(H,2,3)/q;2*+1;;/p-2. The summed E-state index contributed by atoms with van der Waals surface area (Å²) in [5.41, 5.74) is 0. The molecular weight excluding hydrogens is 262 g/mol. The zero-order valence-corrected chi connectivity index (χ0v) is 13.9. The van der Waals surface area contributed by atoms with E-state index in [0.29, 0.717) is 19.8 Å². The Balaban J connectivity index is -0.0000000546. The maximum absolute atomic E-state index is 9.65. The average Bonchev–Trinajstić information content (AvgIpc) is 1.59. The van der Waals surface area contributed by atoms with Gasteiger partial charge in [0.2, 0.25) is 0 Å². The van der Waals surface area contributed by atoms with Crippen LogP contribution in [0, 0.1) is 0 Å². The van der Waals surface area contributed by atoms with Gasteiger partial charge in [-0.3, -0.25) is 8.42 Å². The molecule has 0 fully saturated rings. The summed E-state index contributed by atoms with van der Waals surface area (Å²) in [4.78, 5) is 0. The molecule has 1 unspecified atom stereocenters. The zero-order chi connectivity index (χ0) is 9.71. The Morgan fingerprint density at radius 2 is 1.23 bits per heavy atom. The van der Waals surface area contributed by atoms with Crippen LogP contribution >= 0.6 is 0 Å². The van der Waals surface area contributed by atoms with Gasteiger partial charge in [0.05, 0.1) is 0 Å². The van der Waals surface area contributed by atoms with Gasteiger partial charge in [0, 0.05) is 10.4 Å². The van der Waals surface area contributed by atoms with Gasteiger partial charge in [-0.25, -0.2) is 0 Å². The fraction of sp³-hybridized carbons (Fsp3) is 0. The molecule has 0 aromatic heterocycles. The maximum atomic E-state index is 9.65. The Bertz CT molecular complexity index is 267. The molecule has 2 N–H and O–H groups in total. The Hall–Kier alpha value is 2.67. The SMILES string of the molecule is O=S(=O)([O-])[O-].O=[S](O)(=[Mg])OO.[Na+].[Na+]. The summed E-state index contributed by atoms with van der Waals surface area (Å²) in [6, 6.07) is 0. The van der Waals surface area contributed by atoms with E-state index in [1.54, 1.807) is 0 Å². The van der Waals surface area contributed by atoms with Crippen molar-refractivity contribution in [2.75, 3.05) is 0 Å². The summed E-state index contributed by atoms with van der Waals surface area (Å²) in [5.74, 6) is 0. The van der Waals surface area contributed by atoms with Crippen molar-refractivity contribution in [3.63, 3.8) is 0 Å². The fourth-order valence-electron chi connectivity index (χ4n) is 0. The van der Waals surface area contributed by atoms with Crippen LogP contribution < -0.4 is 59.1 Å². The molecule has 0 aliphatic rings. The van der Waals surface area contributed by atoms with Crippen LogP contribution in [0.4, 0.5) is 0 Å². The third-order valence-corrected chi connectivity index (χ3v) is 0.666. The van der Waals surface area contributed by atoms with Crippen molar-refractivity contribution < 1.29 is 95.0 Å². The Morgan fingerprint density at radius 1 is 1.15 bits per heavy atom. The number of hydrogen-bond acceptors (Lipinski definition) is 7. The van der Waals surface area contributed by atoms with Gasteiger partial charge in [-0.1, -0.05) is 0 Å². The van der Waals surface area contributed by atoms with Crippen LogP contribution in [0.5, 0.6) is 0 Å². The zero-order valence-electron chi connectivity index (χ0n) is 6.87. The molecular formula is H2MgNa2O8S2. The first-order chi connectivity index (χ1) is 4.56. The predicted molar refractivity (Wildman–Crippen MR) is 30.7 cm³/mol. The van der Waals surface area contributed by atoms with Crippen molar-refractivity contribution in [3.05, 3.63) is 0 Å². The maximum Gasteiger partial charge on any atom is 1.00 e. The smallest absolute Gasteiger partial charge is 1.00 e. The second-order valence-electron chi connectivity index (χ2n) is 1.06. The van der Waals surface area contributed by atoms with Gasteiger partial charge in [0.25, 0.3) is 0 Å². The molecule has 0 aliphatic heterocycles. The van der Waals surface area contributed by atoms with E-state index in [1.807, 2.05) is 0 Å². The van der Waals surface area contributed by atoms with Crippen molar-refractivity contribution in [3.8, 4) is 0 Å². The predicted octanol–water partition coefficient (Wildman–Crippen LogP) is -8.10. The van der Waals surface area contributed by atoms with Gasteiger partial charge < -0.3 is 9.11 Å². The summed E-state index contributed by atoms with van der Waals surface area (Å²) in [7, 11) is -8.50. The quantitative estimate of drug-likeness (QED) is 0.156. The summed E-state index contributed by atoms with van der Waals surface area (Å²) in [6.45, 7) is 0. The van der Waals surface area contributed by atoms with Gasteiger partial charge in [-0.2, -0.15) is 0 Å². The van der Waals surface area contributed by atoms with Crippen LogP contribution in [0.3, 0.4) is 0 Å². The van der Waals surface area contributed by atoms with E-state index in [-0.39, 0.29) is 59.1 Å². The van der Waals surface area contributed by atoms with Crippen molar-refractivity contribution >= 4 is 37.5 Å². The Morgan fingerprint density at radius 3 is 1.23 bits per heavy atom. The second kappa shape index (κ2) is 11.2. The minimum Gasteiger partial charge on any atom is 1.00 e. The Labute approximate surface area is 130 Å². The van der Waals surface area contributed by atoms with Crippen LogP contribution in [0.2, 0.25) is 0 Å². The molecule has 0 aromatic rings. The van der Waals surface area contributed by atoms with Crippen molar-refractivity contribution in [1.82, 2.24) is 0 Å². The molecule has 0 heterocycles. The van der Waals surface area contributed by atoms with Crippen LogP contribution in [0.15, 0.2) is 0 Å². The number of hydrogen-bond donors (Lipinski definition) is 2. The molecule has 1 atom stereocenters. The van der Waals surface area contributed by atoms with E-state index < -0.39 is 17.7 Å². The second-order valence-corrected chi connectivity index (χ2v) is 5.38. The van der Waals surface area contributed by atoms with Crippen LogP contribution in [-0.2, 0) is 22.0 Å². The van der Waals surface area contributed by atoms with Gasteiger partial charge in [-0.15, -0.1) is 0 Å². The van der Waals surface area contributed by atoms with E-state index in [0.717, 1.165) is 0 Å². The first-order valence-corrected chi connectivity index (χ1v) is 6.33. The van der Waals surface area contributed by atoms with Gasteiger partial charge in [-0.05, 0) is 0 Å². The first-order valence-electron chi connectivity index (χ1n) is 1.65. The van der Waals surface area contributed by atoms with E-state index in [1.165, 1.54) is 0 Å². The minimum atomic E-state index is -5.17. The van der Waals surface area contributed by atoms with Crippen LogP contribution in [-0.4, -0.2) is 51.3 Å². The molecule has 13 heavy (non-hydrogen) atoms. The molecule has 0 saturated heterocycles. The van der Waals surface area contributed by atoms with Gasteiger partial charge in [0.1, 0.15) is 0 Å². The Kier molecular flexibility index (Phi) is 21.3. The molecule has 0 aliphatic carbocycles. The summed E-state index contributed by atoms with van der Waals surface area (Å²) in [6.07, 6.45) is 0. The van der Waals surface area contributed by atoms with Gasteiger partial charge >= 0.3 is 105 Å². The third kappa shape index (κ3) is 73.3. The first kappa shape index (κ1) is 24.8. The molecule has 0 spiro atoms. The molecule has 0 amide bonds. The molecule has 0 radical (unpaired) electrons. The molecule has 0 aromatic carbocycles. The largest absolute Gasteiger partial charge is 1.00 e. The minimum absolute atomic E-state index is 0. The van der Waals surface area contributed by atoms with Crippen LogP contribution in [0.1, 0.15) is 0 Å². The normalized spacial score (nSPS) is 13.7. The van der Waals surface area contributed by atoms with Gasteiger partial charge in [0.15, 0.2) is 0 Å². The molecule has 66 valence electrons. The van der Waals surface area contributed by atoms with Crippen molar-refractivity contribution in [2.45, 2.75) is 0 Å². The molecule has 0 saturated carbocycles. The molecule has 8 nitrogen and oxygen atoms in total. The van der Waals surface area contributed by atoms with Crippen LogP contribution in [0.25, 0.3) is 0 Å². The van der Waals surface area contributed by atoms with Crippen molar-refractivity contribution in [2.24, 2.45) is 0 Å². The van der Waals surface area contributed by atoms with E-state index in [4.69, 9.17) is 27.3 Å². The topological polar surface area (TPSA) is 147 Å².